The van der Waals surface area contributed by atoms with Crippen molar-refractivity contribution in [3.8, 4) is 0 Å². The van der Waals surface area contributed by atoms with Crippen LogP contribution in [0.5, 0.6) is 0 Å². The van der Waals surface area contributed by atoms with Crippen LogP contribution in [0.2, 0.25) is 0 Å². The number of hydrogen-bond donors (Lipinski definition) is 1. The summed E-state index contributed by atoms with van der Waals surface area (Å²) in [5.74, 6) is 1.80. The highest BCUT2D eigenvalue weighted by Gasteiger charge is 2.30. The smallest absolute Gasteiger partial charge is 0.229 e. The summed E-state index contributed by atoms with van der Waals surface area (Å²) < 4.78 is 5.32. The summed E-state index contributed by atoms with van der Waals surface area (Å²) >= 11 is 1.54. The molecule has 1 atom stereocenters. The van der Waals surface area contributed by atoms with Crippen molar-refractivity contribution in [2.24, 2.45) is 0 Å². The number of nitrogens with zero attached hydrogens (tertiary/aromatic N) is 4. The summed E-state index contributed by atoms with van der Waals surface area (Å²) in [4.78, 5) is 12.2. The Morgan fingerprint density at radius 1 is 1.55 bits per heavy atom. The molecule has 2 aromatic rings. The molecule has 1 unspecified atom stereocenters. The van der Waals surface area contributed by atoms with E-state index in [0.29, 0.717) is 11.0 Å². The van der Waals surface area contributed by atoms with E-state index in [2.05, 4.69) is 33.9 Å². The number of nitrogens with two attached hydrogens (primary N) is 1. The first-order valence-corrected chi connectivity index (χ1v) is 7.73. The number of anilines is 1. The molecule has 0 aromatic carbocycles. The maximum atomic E-state index is 5.68. The molecule has 1 aliphatic rings. The van der Waals surface area contributed by atoms with Crippen molar-refractivity contribution >= 4 is 16.5 Å². The third kappa shape index (κ3) is 2.69. The van der Waals surface area contributed by atoms with Gasteiger partial charge in [0, 0.05) is 23.5 Å². The number of aromatic nitrogens is 3. The molecule has 7 heteroatoms. The van der Waals surface area contributed by atoms with E-state index in [4.69, 9.17) is 10.3 Å². The Hall–Kier alpha value is -1.47. The van der Waals surface area contributed by atoms with Gasteiger partial charge in [-0.1, -0.05) is 19.0 Å². The highest BCUT2D eigenvalue weighted by molar-refractivity contribution is 7.15. The molecule has 2 aromatic heterocycles. The minimum absolute atomic E-state index is 0.245. The first-order valence-electron chi connectivity index (χ1n) is 6.91. The SMILES string of the molecule is CC(C)c1nc(C2CCCN2Cc2cnc(N)s2)no1. The van der Waals surface area contributed by atoms with E-state index in [9.17, 15) is 0 Å². The first kappa shape index (κ1) is 13.5. The molecule has 0 radical (unpaired) electrons. The molecule has 0 saturated carbocycles. The van der Waals surface area contributed by atoms with Gasteiger partial charge in [0.15, 0.2) is 11.0 Å². The molecule has 0 spiro atoms. The first-order chi connectivity index (χ1) is 9.63. The minimum Gasteiger partial charge on any atom is -0.375 e. The Morgan fingerprint density at radius 2 is 2.40 bits per heavy atom. The van der Waals surface area contributed by atoms with E-state index < -0.39 is 0 Å². The minimum atomic E-state index is 0.245. The quantitative estimate of drug-likeness (QED) is 0.933. The van der Waals surface area contributed by atoms with Gasteiger partial charge in [-0.2, -0.15) is 4.98 Å². The zero-order valence-electron chi connectivity index (χ0n) is 11.7. The predicted molar refractivity (Wildman–Crippen MR) is 77.3 cm³/mol. The number of thiazole rings is 1. The van der Waals surface area contributed by atoms with Gasteiger partial charge in [0.05, 0.1) is 6.04 Å². The average Bonchev–Trinajstić information content (AvgIpc) is 3.10. The lowest BCUT2D eigenvalue weighted by atomic mass is 10.2. The van der Waals surface area contributed by atoms with Gasteiger partial charge in [-0.3, -0.25) is 4.90 Å². The van der Waals surface area contributed by atoms with Crippen LogP contribution in [0.1, 0.15) is 55.2 Å². The second-order valence-electron chi connectivity index (χ2n) is 5.44. The highest BCUT2D eigenvalue weighted by atomic mass is 32.1. The Morgan fingerprint density at radius 3 is 3.05 bits per heavy atom. The molecule has 3 rings (SSSR count). The van der Waals surface area contributed by atoms with E-state index in [1.165, 1.54) is 4.88 Å². The molecule has 2 N–H and O–H groups in total. The van der Waals surface area contributed by atoms with Crippen molar-refractivity contribution in [3.63, 3.8) is 0 Å². The van der Waals surface area contributed by atoms with Crippen LogP contribution < -0.4 is 5.73 Å². The van der Waals surface area contributed by atoms with Gasteiger partial charge >= 0.3 is 0 Å². The van der Waals surface area contributed by atoms with Gasteiger partial charge in [-0.05, 0) is 19.4 Å². The molecule has 108 valence electrons. The van der Waals surface area contributed by atoms with Crippen molar-refractivity contribution in [1.82, 2.24) is 20.0 Å². The predicted octanol–water partition coefficient (Wildman–Crippen LogP) is 2.57. The fraction of sp³-hybridized carbons (Fsp3) is 0.615. The maximum Gasteiger partial charge on any atom is 0.229 e. The number of rotatable bonds is 4. The number of hydrogen-bond acceptors (Lipinski definition) is 7. The van der Waals surface area contributed by atoms with Crippen molar-refractivity contribution in [3.05, 3.63) is 22.8 Å². The van der Waals surface area contributed by atoms with Crippen LogP contribution in [0.4, 0.5) is 5.13 Å². The Labute approximate surface area is 122 Å². The van der Waals surface area contributed by atoms with Crippen molar-refractivity contribution in [2.45, 2.75) is 45.2 Å². The molecule has 1 saturated heterocycles. The number of likely N-dealkylation sites (tertiary alicyclic amines) is 1. The molecule has 0 amide bonds. The Kier molecular flexibility index (Phi) is 3.71. The summed E-state index contributed by atoms with van der Waals surface area (Å²) in [7, 11) is 0. The third-order valence-electron chi connectivity index (χ3n) is 3.54. The summed E-state index contributed by atoms with van der Waals surface area (Å²) in [5.41, 5.74) is 5.68. The summed E-state index contributed by atoms with van der Waals surface area (Å²) in [6.45, 7) is 6.02. The lowest BCUT2D eigenvalue weighted by Gasteiger charge is -2.20. The lowest BCUT2D eigenvalue weighted by molar-refractivity contribution is 0.235. The van der Waals surface area contributed by atoms with E-state index >= 15 is 0 Å². The van der Waals surface area contributed by atoms with Gasteiger partial charge in [0.2, 0.25) is 5.89 Å². The summed E-state index contributed by atoms with van der Waals surface area (Å²) in [6.07, 6.45) is 4.08. The van der Waals surface area contributed by atoms with Gasteiger partial charge in [0.1, 0.15) is 0 Å². The van der Waals surface area contributed by atoms with Crippen LogP contribution in [0.25, 0.3) is 0 Å². The Bertz CT molecular complexity index is 579. The van der Waals surface area contributed by atoms with Crippen LogP contribution in [0.3, 0.4) is 0 Å². The molecule has 1 aliphatic heterocycles. The second-order valence-corrected chi connectivity index (χ2v) is 6.59. The van der Waals surface area contributed by atoms with E-state index in [1.54, 1.807) is 11.3 Å². The topological polar surface area (TPSA) is 81.1 Å². The van der Waals surface area contributed by atoms with Crippen LogP contribution in [-0.2, 0) is 6.54 Å². The fourth-order valence-corrected chi connectivity index (χ4v) is 3.23. The molecule has 1 fully saturated rings. The fourth-order valence-electron chi connectivity index (χ4n) is 2.52. The zero-order chi connectivity index (χ0) is 14.1. The molecular weight excluding hydrogens is 274 g/mol. The third-order valence-corrected chi connectivity index (χ3v) is 4.35. The van der Waals surface area contributed by atoms with Crippen molar-refractivity contribution < 1.29 is 4.52 Å². The second kappa shape index (κ2) is 5.49. The number of nitrogen functional groups attached to an aromatic ring is 1. The highest BCUT2D eigenvalue weighted by Crippen LogP contribution is 2.33. The van der Waals surface area contributed by atoms with Crippen molar-refractivity contribution in [1.29, 1.82) is 0 Å². The monoisotopic (exact) mass is 293 g/mol. The van der Waals surface area contributed by atoms with Crippen molar-refractivity contribution in [2.75, 3.05) is 12.3 Å². The normalized spacial score (nSPS) is 20.1. The molecular formula is C13H19N5OS. The van der Waals surface area contributed by atoms with Gasteiger partial charge in [0.25, 0.3) is 0 Å². The molecule has 3 heterocycles. The van der Waals surface area contributed by atoms with E-state index in [1.807, 2.05) is 6.20 Å². The van der Waals surface area contributed by atoms with Gasteiger partial charge < -0.3 is 10.3 Å². The van der Waals surface area contributed by atoms with Crippen LogP contribution in [0.15, 0.2) is 10.7 Å². The molecule has 6 nitrogen and oxygen atoms in total. The average molecular weight is 293 g/mol. The van der Waals surface area contributed by atoms with E-state index in [-0.39, 0.29) is 12.0 Å². The molecule has 0 bridgehead atoms. The van der Waals surface area contributed by atoms with Crippen LogP contribution in [0, 0.1) is 0 Å². The maximum absolute atomic E-state index is 5.68. The zero-order valence-corrected chi connectivity index (χ0v) is 12.6. The summed E-state index contributed by atoms with van der Waals surface area (Å²) in [6, 6.07) is 0.245. The van der Waals surface area contributed by atoms with Crippen LogP contribution in [-0.4, -0.2) is 26.6 Å². The van der Waals surface area contributed by atoms with E-state index in [0.717, 1.165) is 31.8 Å². The lowest BCUT2D eigenvalue weighted by Crippen LogP contribution is -2.23. The summed E-state index contributed by atoms with van der Waals surface area (Å²) in [5, 5.41) is 4.77. The van der Waals surface area contributed by atoms with Gasteiger partial charge in [-0.15, -0.1) is 11.3 Å². The van der Waals surface area contributed by atoms with Crippen LogP contribution >= 0.6 is 11.3 Å². The molecule has 0 aliphatic carbocycles. The Balaban J connectivity index is 1.74. The largest absolute Gasteiger partial charge is 0.375 e. The standard InChI is InChI=1S/C13H19N5OS/c1-8(2)12-16-11(17-19-12)10-4-3-5-18(10)7-9-6-15-13(14)20-9/h6,8,10H,3-5,7H2,1-2H3,(H2,14,15). The molecule has 20 heavy (non-hydrogen) atoms. The van der Waals surface area contributed by atoms with Gasteiger partial charge in [-0.25, -0.2) is 4.98 Å².